The van der Waals surface area contributed by atoms with Crippen LogP contribution in [0.4, 0.5) is 10.1 Å². The fourth-order valence-electron chi connectivity index (χ4n) is 2.88. The third kappa shape index (κ3) is 4.88. The number of hydrogen-bond acceptors (Lipinski definition) is 5. The van der Waals surface area contributed by atoms with Gasteiger partial charge in [0, 0.05) is 17.1 Å². The lowest BCUT2D eigenvalue weighted by molar-refractivity contribution is -0.120. The smallest absolute Gasteiger partial charge is 0.280 e. The summed E-state index contributed by atoms with van der Waals surface area (Å²) in [5.74, 6) is -1.21. The van der Waals surface area contributed by atoms with Gasteiger partial charge in [0.05, 0.1) is 17.7 Å². The predicted octanol–water partition coefficient (Wildman–Crippen LogP) is 2.76. The Kier molecular flexibility index (Phi) is 7.54. The Bertz CT molecular complexity index is 924. The number of carbonyl (C=O) groups is 1. The number of halogens is 2. The molecule has 0 bridgehead atoms. The molecule has 2 aromatic rings. The predicted molar refractivity (Wildman–Crippen MR) is 108 cm³/mol. The standard InChI is InChI=1S/C16H17ClFN3O4S2.CH4/c17-11-8-10(3-4-12(11)18)19-16(23)14-9-13(15-2-1-7-26-15)20-27(24,25)21(14)5-6-22;/h1-4,7-8,13-14,20,22H,5-6,9H2,(H,19,23);1H4. The fourth-order valence-corrected chi connectivity index (χ4v) is 5.48. The van der Waals surface area contributed by atoms with Gasteiger partial charge in [0.15, 0.2) is 0 Å². The molecule has 1 amide bonds. The van der Waals surface area contributed by atoms with Crippen LogP contribution in [0.2, 0.25) is 5.02 Å². The first kappa shape index (κ1) is 22.7. The highest BCUT2D eigenvalue weighted by atomic mass is 35.5. The van der Waals surface area contributed by atoms with E-state index in [-0.39, 0.29) is 31.1 Å². The minimum absolute atomic E-state index is 0. The molecule has 154 valence electrons. The van der Waals surface area contributed by atoms with E-state index >= 15 is 0 Å². The highest BCUT2D eigenvalue weighted by Crippen LogP contribution is 2.31. The molecule has 3 N–H and O–H groups in total. The first-order chi connectivity index (χ1) is 12.8. The van der Waals surface area contributed by atoms with Crippen LogP contribution in [0.25, 0.3) is 0 Å². The van der Waals surface area contributed by atoms with Crippen LogP contribution in [0.1, 0.15) is 24.8 Å². The van der Waals surface area contributed by atoms with E-state index in [2.05, 4.69) is 10.0 Å². The largest absolute Gasteiger partial charge is 0.395 e. The van der Waals surface area contributed by atoms with Crippen LogP contribution in [0.5, 0.6) is 0 Å². The summed E-state index contributed by atoms with van der Waals surface area (Å²) in [7, 11) is -3.98. The van der Waals surface area contributed by atoms with Crippen molar-refractivity contribution in [2.24, 2.45) is 0 Å². The number of β-amino-alcohol motifs (C(OH)–C–C–N with tert-alkyl or cyclic N) is 1. The topological polar surface area (TPSA) is 98.7 Å². The quantitative estimate of drug-likeness (QED) is 0.653. The number of hydrogen-bond donors (Lipinski definition) is 3. The highest BCUT2D eigenvalue weighted by Gasteiger charge is 2.42. The molecular weight excluding hydrogens is 429 g/mol. The Balaban J connectivity index is 0.00000280. The van der Waals surface area contributed by atoms with E-state index in [1.807, 2.05) is 5.38 Å². The Morgan fingerprint density at radius 1 is 1.43 bits per heavy atom. The Labute approximate surface area is 172 Å². The van der Waals surface area contributed by atoms with Crippen molar-refractivity contribution in [2.45, 2.75) is 25.9 Å². The van der Waals surface area contributed by atoms with Gasteiger partial charge >= 0.3 is 0 Å². The van der Waals surface area contributed by atoms with E-state index in [1.165, 1.54) is 23.5 Å². The Morgan fingerprint density at radius 2 is 2.18 bits per heavy atom. The molecule has 7 nitrogen and oxygen atoms in total. The van der Waals surface area contributed by atoms with Crippen LogP contribution in [0.3, 0.4) is 0 Å². The van der Waals surface area contributed by atoms with Crippen molar-refractivity contribution >= 4 is 44.7 Å². The zero-order chi connectivity index (χ0) is 19.6. The lowest BCUT2D eigenvalue weighted by Crippen LogP contribution is -2.58. The van der Waals surface area contributed by atoms with Crippen LogP contribution in [0, 0.1) is 5.82 Å². The van der Waals surface area contributed by atoms with Crippen molar-refractivity contribution < 1.29 is 22.7 Å². The normalized spacial score (nSPS) is 21.7. The van der Waals surface area contributed by atoms with E-state index in [0.717, 1.165) is 15.2 Å². The summed E-state index contributed by atoms with van der Waals surface area (Å²) in [6, 6.07) is 5.67. The Hall–Kier alpha value is -1.56. The molecule has 2 unspecified atom stereocenters. The number of amides is 1. The molecule has 0 aliphatic carbocycles. The molecule has 0 saturated carbocycles. The van der Waals surface area contributed by atoms with Crippen molar-refractivity contribution in [2.75, 3.05) is 18.5 Å². The van der Waals surface area contributed by atoms with E-state index in [0.29, 0.717) is 0 Å². The lowest BCUT2D eigenvalue weighted by Gasteiger charge is -2.37. The van der Waals surface area contributed by atoms with Gasteiger partial charge in [-0.15, -0.1) is 11.3 Å². The Morgan fingerprint density at radius 3 is 2.79 bits per heavy atom. The molecule has 2 atom stereocenters. The van der Waals surface area contributed by atoms with Gasteiger partial charge in [0.1, 0.15) is 11.9 Å². The van der Waals surface area contributed by atoms with E-state index in [4.69, 9.17) is 11.6 Å². The maximum absolute atomic E-state index is 13.3. The van der Waals surface area contributed by atoms with Crippen LogP contribution >= 0.6 is 22.9 Å². The maximum Gasteiger partial charge on any atom is 0.280 e. The third-order valence-electron chi connectivity index (χ3n) is 4.10. The molecule has 1 aliphatic heterocycles. The molecule has 0 radical (unpaired) electrons. The van der Waals surface area contributed by atoms with E-state index in [1.54, 1.807) is 12.1 Å². The molecule has 2 heterocycles. The zero-order valence-electron chi connectivity index (χ0n) is 13.9. The first-order valence-corrected chi connectivity index (χ1v) is 10.7. The fraction of sp³-hybridized carbons (Fsp3) is 0.353. The number of nitrogens with one attached hydrogen (secondary N) is 2. The molecule has 1 aromatic carbocycles. The summed E-state index contributed by atoms with van der Waals surface area (Å²) < 4.78 is 42.0. The minimum Gasteiger partial charge on any atom is -0.395 e. The van der Waals surface area contributed by atoms with Gasteiger partial charge in [-0.3, -0.25) is 4.79 Å². The molecular formula is C17H21ClFN3O4S2. The highest BCUT2D eigenvalue weighted by molar-refractivity contribution is 7.87. The van der Waals surface area contributed by atoms with Crippen molar-refractivity contribution in [3.05, 3.63) is 51.4 Å². The van der Waals surface area contributed by atoms with Crippen molar-refractivity contribution in [1.29, 1.82) is 0 Å². The number of aliphatic hydroxyl groups is 1. The van der Waals surface area contributed by atoms with Crippen molar-refractivity contribution in [3.8, 4) is 0 Å². The molecule has 11 heteroatoms. The summed E-state index contributed by atoms with van der Waals surface area (Å²) >= 11 is 7.10. The maximum atomic E-state index is 13.3. The second-order valence-electron chi connectivity index (χ2n) is 5.89. The van der Waals surface area contributed by atoms with E-state index in [9.17, 15) is 22.7 Å². The van der Waals surface area contributed by atoms with Gasteiger partial charge in [0.2, 0.25) is 5.91 Å². The zero-order valence-corrected chi connectivity index (χ0v) is 16.3. The summed E-state index contributed by atoms with van der Waals surface area (Å²) in [4.78, 5) is 13.6. The number of aliphatic hydroxyl groups excluding tert-OH is 1. The molecule has 28 heavy (non-hydrogen) atoms. The van der Waals surface area contributed by atoms with Crippen LogP contribution < -0.4 is 10.0 Å². The summed E-state index contributed by atoms with van der Waals surface area (Å²) in [5.41, 5.74) is 0.249. The summed E-state index contributed by atoms with van der Waals surface area (Å²) in [5, 5.41) is 13.5. The SMILES string of the molecule is C.O=C(Nc1ccc(F)c(Cl)c1)C1CC(c2cccs2)NS(=O)(=O)N1CCO. The molecule has 1 fully saturated rings. The summed E-state index contributed by atoms with van der Waals surface area (Å²) in [6.45, 7) is -0.661. The molecule has 1 saturated heterocycles. The molecule has 1 aromatic heterocycles. The number of carbonyl (C=O) groups excluding carboxylic acids is 1. The van der Waals surface area contributed by atoms with Gasteiger partial charge in [-0.25, -0.2) is 4.39 Å². The molecule has 0 spiro atoms. The second-order valence-corrected chi connectivity index (χ2v) is 8.94. The monoisotopic (exact) mass is 449 g/mol. The van der Waals surface area contributed by atoms with Crippen molar-refractivity contribution in [3.63, 3.8) is 0 Å². The van der Waals surface area contributed by atoms with Gasteiger partial charge < -0.3 is 10.4 Å². The van der Waals surface area contributed by atoms with E-state index < -0.39 is 40.6 Å². The second kappa shape index (κ2) is 9.29. The molecule has 1 aliphatic rings. The average molecular weight is 450 g/mol. The molecule has 3 rings (SSSR count). The third-order valence-corrected chi connectivity index (χ3v) is 7.02. The van der Waals surface area contributed by atoms with Gasteiger partial charge in [0.25, 0.3) is 10.2 Å². The number of rotatable bonds is 5. The number of anilines is 1. The van der Waals surface area contributed by atoms with Gasteiger partial charge in [-0.1, -0.05) is 25.1 Å². The van der Waals surface area contributed by atoms with Crippen LogP contribution in [-0.4, -0.2) is 42.9 Å². The number of thiophene rings is 1. The van der Waals surface area contributed by atoms with Crippen molar-refractivity contribution in [1.82, 2.24) is 9.03 Å². The first-order valence-electron chi connectivity index (χ1n) is 8.01. The lowest BCUT2D eigenvalue weighted by atomic mass is 10.0. The minimum atomic E-state index is -3.98. The summed E-state index contributed by atoms with van der Waals surface area (Å²) in [6.07, 6.45) is 0.181. The van der Waals surface area contributed by atoms with Crippen LogP contribution in [0.15, 0.2) is 35.7 Å². The van der Waals surface area contributed by atoms with Gasteiger partial charge in [-0.2, -0.15) is 17.4 Å². The van der Waals surface area contributed by atoms with Gasteiger partial charge in [-0.05, 0) is 36.1 Å². The number of benzene rings is 1. The average Bonchev–Trinajstić information content (AvgIpc) is 3.14. The number of nitrogens with zero attached hydrogens (tertiary/aromatic N) is 1. The van der Waals surface area contributed by atoms with Crippen LogP contribution in [-0.2, 0) is 15.0 Å².